The Hall–Kier alpha value is -2.69. The van der Waals surface area contributed by atoms with E-state index >= 15 is 0 Å². The average molecular weight is 382 g/mol. The van der Waals surface area contributed by atoms with Gasteiger partial charge in [0.1, 0.15) is 5.82 Å². The van der Waals surface area contributed by atoms with E-state index in [2.05, 4.69) is 0 Å². The highest BCUT2D eigenvalue weighted by molar-refractivity contribution is 5.80. The predicted molar refractivity (Wildman–Crippen MR) is 107 cm³/mol. The maximum Gasteiger partial charge on any atom is 0.225 e. The molecule has 3 rings (SSSR count). The number of piperazine rings is 1. The molecule has 0 bridgehead atoms. The number of halogens is 1. The summed E-state index contributed by atoms with van der Waals surface area (Å²) in [7, 11) is 0. The first-order valence-corrected chi connectivity index (χ1v) is 9.88. The van der Waals surface area contributed by atoms with Gasteiger partial charge in [-0.3, -0.25) is 9.59 Å². The summed E-state index contributed by atoms with van der Waals surface area (Å²) < 4.78 is 13.0. The number of aryl methyl sites for hydroxylation is 1. The monoisotopic (exact) mass is 382 g/mol. The number of hydrogen-bond donors (Lipinski definition) is 0. The van der Waals surface area contributed by atoms with Crippen molar-refractivity contribution in [2.45, 2.75) is 26.2 Å². The van der Waals surface area contributed by atoms with E-state index in [-0.39, 0.29) is 23.5 Å². The maximum atomic E-state index is 13.0. The molecule has 0 aromatic heterocycles. The number of benzene rings is 2. The number of nitrogens with zero attached hydrogens (tertiary/aromatic N) is 2. The molecule has 0 saturated carbocycles. The van der Waals surface area contributed by atoms with Gasteiger partial charge in [-0.2, -0.15) is 0 Å². The van der Waals surface area contributed by atoms with Gasteiger partial charge in [0.05, 0.1) is 0 Å². The van der Waals surface area contributed by atoms with E-state index in [1.54, 1.807) is 12.1 Å². The summed E-state index contributed by atoms with van der Waals surface area (Å²) in [5.74, 6) is -0.183. The van der Waals surface area contributed by atoms with E-state index < -0.39 is 0 Å². The molecule has 1 unspecified atom stereocenters. The van der Waals surface area contributed by atoms with Crippen molar-refractivity contribution >= 4 is 11.8 Å². The summed E-state index contributed by atoms with van der Waals surface area (Å²) in [6.07, 6.45) is 1.84. The second kappa shape index (κ2) is 9.49. The maximum absolute atomic E-state index is 13.0. The minimum absolute atomic E-state index is 0.0979. The Balaban J connectivity index is 1.44. The molecule has 4 nitrogen and oxygen atoms in total. The van der Waals surface area contributed by atoms with Crippen molar-refractivity contribution in [1.82, 2.24) is 9.80 Å². The fourth-order valence-electron chi connectivity index (χ4n) is 3.60. The second-order valence-electron chi connectivity index (χ2n) is 7.42. The van der Waals surface area contributed by atoms with Crippen LogP contribution in [-0.2, 0) is 22.4 Å². The van der Waals surface area contributed by atoms with Gasteiger partial charge in [-0.15, -0.1) is 0 Å². The van der Waals surface area contributed by atoms with Gasteiger partial charge in [-0.1, -0.05) is 49.4 Å². The van der Waals surface area contributed by atoms with Gasteiger partial charge in [0.25, 0.3) is 0 Å². The molecule has 2 aromatic carbocycles. The molecule has 1 aliphatic rings. The topological polar surface area (TPSA) is 40.6 Å². The molecular weight excluding hydrogens is 355 g/mol. The number of carbonyl (C=O) groups excluding carboxylic acids is 2. The summed E-state index contributed by atoms with van der Waals surface area (Å²) in [5, 5.41) is 0. The van der Waals surface area contributed by atoms with Crippen LogP contribution in [0.4, 0.5) is 4.39 Å². The smallest absolute Gasteiger partial charge is 0.225 e. The van der Waals surface area contributed by atoms with E-state index in [4.69, 9.17) is 0 Å². The zero-order valence-corrected chi connectivity index (χ0v) is 16.3. The third kappa shape index (κ3) is 5.41. The van der Waals surface area contributed by atoms with E-state index in [9.17, 15) is 14.0 Å². The molecule has 1 atom stereocenters. The van der Waals surface area contributed by atoms with Crippen LogP contribution in [0.25, 0.3) is 0 Å². The molecule has 0 radical (unpaired) electrons. The summed E-state index contributed by atoms with van der Waals surface area (Å²) in [4.78, 5) is 28.8. The summed E-state index contributed by atoms with van der Waals surface area (Å²) >= 11 is 0. The Kier molecular flexibility index (Phi) is 6.80. The highest BCUT2D eigenvalue weighted by Gasteiger charge is 2.26. The Bertz CT molecular complexity index is 784. The van der Waals surface area contributed by atoms with Gasteiger partial charge >= 0.3 is 0 Å². The van der Waals surface area contributed by atoms with Crippen LogP contribution in [0.3, 0.4) is 0 Å². The lowest BCUT2D eigenvalue weighted by Crippen LogP contribution is -2.52. The number of amides is 2. The lowest BCUT2D eigenvalue weighted by molar-refractivity contribution is -0.141. The average Bonchev–Trinajstić information content (AvgIpc) is 2.74. The van der Waals surface area contributed by atoms with E-state index in [1.165, 1.54) is 17.7 Å². The lowest BCUT2D eigenvalue weighted by Gasteiger charge is -2.36. The minimum atomic E-state index is -0.268. The van der Waals surface area contributed by atoms with E-state index in [1.807, 2.05) is 47.1 Å². The number of hydrogen-bond acceptors (Lipinski definition) is 2. The highest BCUT2D eigenvalue weighted by Crippen LogP contribution is 2.15. The second-order valence-corrected chi connectivity index (χ2v) is 7.42. The summed E-state index contributed by atoms with van der Waals surface area (Å²) in [5.41, 5.74) is 2.12. The van der Waals surface area contributed by atoms with Crippen molar-refractivity contribution in [3.05, 3.63) is 71.5 Å². The van der Waals surface area contributed by atoms with Crippen molar-refractivity contribution in [2.75, 3.05) is 26.2 Å². The Labute approximate surface area is 166 Å². The van der Waals surface area contributed by atoms with Crippen LogP contribution in [0.5, 0.6) is 0 Å². The molecule has 0 N–H and O–H groups in total. The quantitative estimate of drug-likeness (QED) is 0.769. The molecule has 1 fully saturated rings. The van der Waals surface area contributed by atoms with Gasteiger partial charge in [-0.25, -0.2) is 4.39 Å². The molecule has 1 aliphatic heterocycles. The van der Waals surface area contributed by atoms with Crippen molar-refractivity contribution in [3.63, 3.8) is 0 Å². The first kappa shape index (κ1) is 20.1. The van der Waals surface area contributed by atoms with Crippen LogP contribution in [0.15, 0.2) is 54.6 Å². The van der Waals surface area contributed by atoms with Gasteiger partial charge in [0.2, 0.25) is 11.8 Å². The van der Waals surface area contributed by atoms with Crippen LogP contribution in [0.1, 0.15) is 24.5 Å². The largest absolute Gasteiger partial charge is 0.339 e. The third-order valence-corrected chi connectivity index (χ3v) is 5.29. The Morgan fingerprint density at radius 1 is 0.893 bits per heavy atom. The normalized spacial score (nSPS) is 15.4. The molecule has 2 amide bonds. The Morgan fingerprint density at radius 3 is 2.14 bits per heavy atom. The molecule has 2 aromatic rings. The fraction of sp³-hybridized carbons (Fsp3) is 0.391. The predicted octanol–water partition coefficient (Wildman–Crippen LogP) is 3.31. The molecular formula is C23H27FN2O2. The van der Waals surface area contributed by atoms with Crippen LogP contribution >= 0.6 is 0 Å². The van der Waals surface area contributed by atoms with Crippen molar-refractivity contribution in [3.8, 4) is 0 Å². The van der Waals surface area contributed by atoms with Gasteiger partial charge in [-0.05, 0) is 36.1 Å². The molecule has 148 valence electrons. The van der Waals surface area contributed by atoms with Crippen molar-refractivity contribution in [1.29, 1.82) is 0 Å². The van der Waals surface area contributed by atoms with Gasteiger partial charge < -0.3 is 9.80 Å². The fourth-order valence-corrected chi connectivity index (χ4v) is 3.60. The first-order chi connectivity index (χ1) is 13.5. The van der Waals surface area contributed by atoms with Crippen LogP contribution < -0.4 is 0 Å². The molecule has 5 heteroatoms. The lowest BCUT2D eigenvalue weighted by atomic mass is 9.99. The van der Waals surface area contributed by atoms with Gasteiger partial charge in [0.15, 0.2) is 0 Å². The van der Waals surface area contributed by atoms with Crippen molar-refractivity contribution in [2.24, 2.45) is 5.92 Å². The summed E-state index contributed by atoms with van der Waals surface area (Å²) in [6.45, 7) is 4.22. The minimum Gasteiger partial charge on any atom is -0.339 e. The molecule has 28 heavy (non-hydrogen) atoms. The Morgan fingerprint density at radius 2 is 1.50 bits per heavy atom. The van der Waals surface area contributed by atoms with Gasteiger partial charge in [0, 0.05) is 38.5 Å². The van der Waals surface area contributed by atoms with Crippen LogP contribution in [-0.4, -0.2) is 47.8 Å². The van der Waals surface area contributed by atoms with E-state index in [0.29, 0.717) is 39.0 Å². The standard InChI is InChI=1S/C23H27FN2O2/c1-18(17-20-7-10-21(24)11-8-20)23(28)26-15-13-25(14-16-26)22(27)12-9-19-5-3-2-4-6-19/h2-8,10-11,18H,9,12-17H2,1H3. The SMILES string of the molecule is CC(Cc1ccc(F)cc1)C(=O)N1CCN(C(=O)CCc2ccccc2)CC1. The molecule has 1 heterocycles. The molecule has 0 spiro atoms. The zero-order chi connectivity index (χ0) is 19.9. The molecule has 0 aliphatic carbocycles. The zero-order valence-electron chi connectivity index (χ0n) is 16.3. The van der Waals surface area contributed by atoms with Crippen molar-refractivity contribution < 1.29 is 14.0 Å². The summed E-state index contributed by atoms with van der Waals surface area (Å²) in [6, 6.07) is 16.3. The van der Waals surface area contributed by atoms with E-state index in [0.717, 1.165) is 12.0 Å². The van der Waals surface area contributed by atoms with Crippen LogP contribution in [0, 0.1) is 11.7 Å². The highest BCUT2D eigenvalue weighted by atomic mass is 19.1. The van der Waals surface area contributed by atoms with Crippen LogP contribution in [0.2, 0.25) is 0 Å². The third-order valence-electron chi connectivity index (χ3n) is 5.29. The number of rotatable bonds is 6. The molecule has 1 saturated heterocycles. The first-order valence-electron chi connectivity index (χ1n) is 9.88. The number of carbonyl (C=O) groups is 2.